The van der Waals surface area contributed by atoms with Crippen LogP contribution in [0.15, 0.2) is 0 Å². The lowest BCUT2D eigenvalue weighted by atomic mass is 9.98. The van der Waals surface area contributed by atoms with Gasteiger partial charge in [-0.25, -0.2) is 4.79 Å². The van der Waals surface area contributed by atoms with Gasteiger partial charge in [0.25, 0.3) is 0 Å². The smallest absolute Gasteiger partial charge is 0.328 e. The molecule has 0 aliphatic heterocycles. The topological polar surface area (TPSA) is 142 Å². The van der Waals surface area contributed by atoms with Gasteiger partial charge in [-0.2, -0.15) is 0 Å². The van der Waals surface area contributed by atoms with Gasteiger partial charge in [0.2, 0.25) is 11.8 Å². The first-order valence-electron chi connectivity index (χ1n) is 18.7. The molecule has 0 fully saturated rings. The Morgan fingerprint density at radius 2 is 1.15 bits per heavy atom. The number of carboxylic acids is 1. The lowest BCUT2D eigenvalue weighted by Crippen LogP contribution is -2.47. The number of aliphatic carboxylic acids is 1. The first kappa shape index (κ1) is 43.8. The molecule has 0 saturated carbocycles. The van der Waals surface area contributed by atoms with Gasteiger partial charge in [0, 0.05) is 6.42 Å². The molecule has 0 heterocycles. The Bertz CT molecular complexity index is 790. The van der Waals surface area contributed by atoms with Crippen molar-refractivity contribution in [2.75, 3.05) is 13.2 Å². The van der Waals surface area contributed by atoms with Gasteiger partial charge in [-0.3, -0.25) is 14.4 Å². The summed E-state index contributed by atoms with van der Waals surface area (Å²) in [5.41, 5.74) is 0. The Labute approximate surface area is 280 Å². The molecular weight excluding hydrogens is 584 g/mol. The highest BCUT2D eigenvalue weighted by Crippen LogP contribution is 2.18. The predicted octanol–water partition coefficient (Wildman–Crippen LogP) is 7.86. The van der Waals surface area contributed by atoms with Crippen LogP contribution in [0, 0.1) is 11.8 Å². The SMILES string of the molecule is CCCC(C)CCCCCCCCCC(CC(=O)NCC(=O)N[C@@H](CO)C(=O)O)OC(=O)CCCCCCCCCCCC(C)C. The van der Waals surface area contributed by atoms with Crippen molar-refractivity contribution in [3.63, 3.8) is 0 Å². The zero-order valence-electron chi connectivity index (χ0n) is 29.9. The second kappa shape index (κ2) is 30.2. The molecule has 9 nitrogen and oxygen atoms in total. The Morgan fingerprint density at radius 3 is 1.65 bits per heavy atom. The maximum atomic E-state index is 12.6. The lowest BCUT2D eigenvalue weighted by molar-refractivity contribution is -0.151. The van der Waals surface area contributed by atoms with Gasteiger partial charge < -0.3 is 25.6 Å². The summed E-state index contributed by atoms with van der Waals surface area (Å²) in [5.74, 6) is -1.19. The second-order valence-electron chi connectivity index (χ2n) is 13.8. The van der Waals surface area contributed by atoms with Crippen molar-refractivity contribution in [3.05, 3.63) is 0 Å². The van der Waals surface area contributed by atoms with Crippen LogP contribution in [0.25, 0.3) is 0 Å². The molecule has 0 aromatic carbocycles. The van der Waals surface area contributed by atoms with Crippen LogP contribution in [0.3, 0.4) is 0 Å². The van der Waals surface area contributed by atoms with E-state index >= 15 is 0 Å². The van der Waals surface area contributed by atoms with Crippen molar-refractivity contribution in [2.24, 2.45) is 11.8 Å². The van der Waals surface area contributed by atoms with Crippen LogP contribution in [-0.2, 0) is 23.9 Å². The summed E-state index contributed by atoms with van der Waals surface area (Å²) >= 11 is 0. The molecule has 2 unspecified atom stereocenters. The molecular formula is C37H70N2O7. The molecule has 0 bridgehead atoms. The number of hydrogen-bond acceptors (Lipinski definition) is 6. The number of carbonyl (C=O) groups excluding carboxylic acids is 3. The Hall–Kier alpha value is -2.16. The van der Waals surface area contributed by atoms with Crippen molar-refractivity contribution >= 4 is 23.8 Å². The normalized spacial score (nSPS) is 13.3. The van der Waals surface area contributed by atoms with Crippen LogP contribution < -0.4 is 10.6 Å². The summed E-state index contributed by atoms with van der Waals surface area (Å²) in [7, 11) is 0. The molecule has 0 saturated heterocycles. The van der Waals surface area contributed by atoms with E-state index in [-0.39, 0.29) is 12.4 Å². The van der Waals surface area contributed by atoms with Crippen LogP contribution in [0.1, 0.15) is 175 Å². The third-order valence-electron chi connectivity index (χ3n) is 8.64. The minimum Gasteiger partial charge on any atom is -0.480 e. The number of amides is 2. The van der Waals surface area contributed by atoms with E-state index in [1.807, 2.05) is 0 Å². The van der Waals surface area contributed by atoms with E-state index in [0.717, 1.165) is 50.4 Å². The fourth-order valence-electron chi connectivity index (χ4n) is 5.78. The van der Waals surface area contributed by atoms with Crippen molar-refractivity contribution in [3.8, 4) is 0 Å². The Kier molecular flexibility index (Phi) is 28.8. The van der Waals surface area contributed by atoms with E-state index in [4.69, 9.17) is 14.9 Å². The number of nitrogens with one attached hydrogen (secondary N) is 2. The highest BCUT2D eigenvalue weighted by molar-refractivity contribution is 5.88. The van der Waals surface area contributed by atoms with Crippen molar-refractivity contribution in [1.29, 1.82) is 0 Å². The highest BCUT2D eigenvalue weighted by atomic mass is 16.5. The molecule has 0 aliphatic carbocycles. The summed E-state index contributed by atoms with van der Waals surface area (Å²) in [5, 5.41) is 22.7. The monoisotopic (exact) mass is 655 g/mol. The number of esters is 1. The van der Waals surface area contributed by atoms with E-state index in [0.29, 0.717) is 12.8 Å². The number of ether oxygens (including phenoxy) is 1. The molecule has 0 aromatic rings. The Morgan fingerprint density at radius 1 is 0.652 bits per heavy atom. The Balaban J connectivity index is 4.46. The van der Waals surface area contributed by atoms with Crippen molar-refractivity contribution in [1.82, 2.24) is 10.6 Å². The molecule has 0 aromatic heterocycles. The lowest BCUT2D eigenvalue weighted by Gasteiger charge is -2.18. The van der Waals surface area contributed by atoms with E-state index in [2.05, 4.69) is 38.3 Å². The standard InChI is InChI=1S/C37H70N2O7/c1-5-22-31(4)24-19-15-11-9-12-16-20-25-32(27-34(41)38-28-35(42)39-33(29-40)37(44)45)46-36(43)26-21-17-13-8-6-7-10-14-18-23-30(2)3/h30-33,40H,5-29H2,1-4H3,(H,38,41)(H,39,42)(H,44,45)/t31?,32?,33-/m0/s1. The van der Waals surface area contributed by atoms with Crippen LogP contribution in [-0.4, -0.2) is 59.3 Å². The molecule has 4 N–H and O–H groups in total. The summed E-state index contributed by atoms with van der Waals surface area (Å²) in [6, 6.07) is -1.43. The number of hydrogen-bond donors (Lipinski definition) is 4. The van der Waals surface area contributed by atoms with Gasteiger partial charge in [-0.15, -0.1) is 0 Å². The summed E-state index contributed by atoms with van der Waals surface area (Å²) < 4.78 is 5.73. The van der Waals surface area contributed by atoms with Crippen molar-refractivity contribution < 1.29 is 34.1 Å². The quantitative estimate of drug-likeness (QED) is 0.0427. The van der Waals surface area contributed by atoms with E-state index < -0.39 is 43.1 Å². The minimum atomic E-state index is -1.43. The first-order valence-corrected chi connectivity index (χ1v) is 18.7. The van der Waals surface area contributed by atoms with Crippen LogP contribution >= 0.6 is 0 Å². The van der Waals surface area contributed by atoms with E-state index in [9.17, 15) is 19.2 Å². The van der Waals surface area contributed by atoms with Crippen molar-refractivity contribution in [2.45, 2.75) is 188 Å². The molecule has 2 amide bonds. The maximum absolute atomic E-state index is 12.6. The number of carbonyl (C=O) groups is 4. The third-order valence-corrected chi connectivity index (χ3v) is 8.64. The number of rotatable bonds is 32. The largest absolute Gasteiger partial charge is 0.480 e. The van der Waals surface area contributed by atoms with E-state index in [1.165, 1.54) is 89.9 Å². The van der Waals surface area contributed by atoms with Gasteiger partial charge in [0.05, 0.1) is 19.6 Å². The van der Waals surface area contributed by atoms with Gasteiger partial charge in [-0.05, 0) is 31.1 Å². The molecule has 0 aliphatic rings. The number of aliphatic hydroxyl groups is 1. The highest BCUT2D eigenvalue weighted by Gasteiger charge is 2.21. The third kappa shape index (κ3) is 28.1. The fraction of sp³-hybridized carbons (Fsp3) is 0.892. The van der Waals surface area contributed by atoms with Crippen LogP contribution in [0.5, 0.6) is 0 Å². The molecule has 0 rings (SSSR count). The minimum absolute atomic E-state index is 0.0471. The number of carboxylic acid groups (broad SMARTS) is 1. The van der Waals surface area contributed by atoms with Gasteiger partial charge in [0.15, 0.2) is 0 Å². The first-order chi connectivity index (χ1) is 22.1. The average Bonchev–Trinajstić information content (AvgIpc) is 3.00. The molecule has 9 heteroatoms. The molecule has 0 radical (unpaired) electrons. The predicted molar refractivity (Wildman–Crippen MR) is 185 cm³/mol. The molecule has 46 heavy (non-hydrogen) atoms. The van der Waals surface area contributed by atoms with Gasteiger partial charge in [-0.1, -0.05) is 143 Å². The zero-order chi connectivity index (χ0) is 34.4. The maximum Gasteiger partial charge on any atom is 0.328 e. The summed E-state index contributed by atoms with van der Waals surface area (Å²) in [4.78, 5) is 48.2. The summed E-state index contributed by atoms with van der Waals surface area (Å²) in [6.45, 7) is 7.97. The molecule has 0 spiro atoms. The second-order valence-corrected chi connectivity index (χ2v) is 13.8. The van der Waals surface area contributed by atoms with Crippen LogP contribution in [0.4, 0.5) is 0 Å². The zero-order valence-corrected chi connectivity index (χ0v) is 29.9. The summed E-state index contributed by atoms with van der Waals surface area (Å²) in [6.07, 6.45) is 24.0. The van der Waals surface area contributed by atoms with Gasteiger partial charge >= 0.3 is 11.9 Å². The molecule has 3 atom stereocenters. The van der Waals surface area contributed by atoms with Crippen LogP contribution in [0.2, 0.25) is 0 Å². The average molecular weight is 655 g/mol. The van der Waals surface area contributed by atoms with Gasteiger partial charge in [0.1, 0.15) is 12.1 Å². The number of unbranched alkanes of at least 4 members (excludes halogenated alkanes) is 14. The molecule has 270 valence electrons. The number of aliphatic hydroxyl groups excluding tert-OH is 1. The fourth-order valence-corrected chi connectivity index (χ4v) is 5.78. The van der Waals surface area contributed by atoms with E-state index in [1.54, 1.807) is 0 Å².